The van der Waals surface area contributed by atoms with Gasteiger partial charge in [-0.05, 0) is 51.7 Å². The van der Waals surface area contributed by atoms with Crippen molar-refractivity contribution >= 4 is 0 Å². The normalized spacial score (nSPS) is 27.8. The van der Waals surface area contributed by atoms with Gasteiger partial charge in [0.05, 0.1) is 5.60 Å². The lowest BCUT2D eigenvalue weighted by atomic mass is 9.83. The summed E-state index contributed by atoms with van der Waals surface area (Å²) >= 11 is 0. The highest BCUT2D eigenvalue weighted by Gasteiger charge is 2.40. The van der Waals surface area contributed by atoms with Gasteiger partial charge in [-0.15, -0.1) is 0 Å². The third-order valence-electron chi connectivity index (χ3n) is 4.44. The number of hydrogen-bond donors (Lipinski definition) is 1. The molecule has 2 aliphatic heterocycles. The summed E-state index contributed by atoms with van der Waals surface area (Å²) in [6.45, 7) is 7.93. The summed E-state index contributed by atoms with van der Waals surface area (Å²) in [5.41, 5.74) is 5.74. The summed E-state index contributed by atoms with van der Waals surface area (Å²) < 4.78 is 11.6. The van der Waals surface area contributed by atoms with Crippen LogP contribution in [-0.4, -0.2) is 56.0 Å². The van der Waals surface area contributed by atoms with Crippen LogP contribution >= 0.6 is 0 Å². The highest BCUT2D eigenvalue weighted by molar-refractivity contribution is 4.92. The molecule has 0 radical (unpaired) electrons. The monoisotopic (exact) mass is 256 g/mol. The second-order valence-electron chi connectivity index (χ2n) is 5.56. The lowest BCUT2D eigenvalue weighted by molar-refractivity contribution is -0.151. The molecule has 2 fully saturated rings. The second kappa shape index (κ2) is 6.85. The van der Waals surface area contributed by atoms with E-state index in [-0.39, 0.29) is 5.60 Å². The first kappa shape index (κ1) is 14.3. The predicted molar refractivity (Wildman–Crippen MR) is 72.7 cm³/mol. The van der Waals surface area contributed by atoms with Gasteiger partial charge in [-0.2, -0.15) is 0 Å². The fraction of sp³-hybridized carbons (Fsp3) is 1.00. The van der Waals surface area contributed by atoms with Crippen LogP contribution < -0.4 is 5.73 Å². The third kappa shape index (κ3) is 3.44. The molecule has 0 aromatic carbocycles. The zero-order valence-electron chi connectivity index (χ0n) is 11.7. The fourth-order valence-corrected chi connectivity index (χ4v) is 3.30. The minimum Gasteiger partial charge on any atom is -0.381 e. The summed E-state index contributed by atoms with van der Waals surface area (Å²) in [6, 6.07) is 0.674. The number of nitrogens with zero attached hydrogens (tertiary/aromatic N) is 1. The molecule has 4 nitrogen and oxygen atoms in total. The van der Waals surface area contributed by atoms with Crippen LogP contribution in [0, 0.1) is 0 Å². The molecule has 0 amide bonds. The first-order valence-electron chi connectivity index (χ1n) is 7.45. The van der Waals surface area contributed by atoms with E-state index in [1.54, 1.807) is 0 Å². The standard InChI is InChI=1S/C14H28N2O2/c1-2-16(8-3-7-15)13-4-9-18-14(12-13)5-10-17-11-6-14/h13H,2-12,15H2,1H3. The van der Waals surface area contributed by atoms with Gasteiger partial charge in [0.1, 0.15) is 0 Å². The van der Waals surface area contributed by atoms with Crippen molar-refractivity contribution in [3.05, 3.63) is 0 Å². The molecule has 4 heteroatoms. The Bertz CT molecular complexity index is 236. The molecule has 2 N–H and O–H groups in total. The van der Waals surface area contributed by atoms with E-state index >= 15 is 0 Å². The predicted octanol–water partition coefficient (Wildman–Crippen LogP) is 1.39. The molecule has 0 aromatic rings. The number of nitrogens with two attached hydrogens (primary N) is 1. The molecule has 106 valence electrons. The first-order valence-corrected chi connectivity index (χ1v) is 7.45. The Morgan fingerprint density at radius 1 is 1.28 bits per heavy atom. The molecule has 1 spiro atoms. The second-order valence-corrected chi connectivity index (χ2v) is 5.56. The van der Waals surface area contributed by atoms with Gasteiger partial charge in [-0.3, -0.25) is 0 Å². The number of hydrogen-bond acceptors (Lipinski definition) is 4. The number of ether oxygens (including phenoxy) is 2. The van der Waals surface area contributed by atoms with Crippen molar-refractivity contribution in [2.24, 2.45) is 5.73 Å². The van der Waals surface area contributed by atoms with E-state index in [2.05, 4.69) is 11.8 Å². The molecule has 1 unspecified atom stereocenters. The van der Waals surface area contributed by atoms with Crippen molar-refractivity contribution in [1.82, 2.24) is 4.90 Å². The Labute approximate surface area is 111 Å². The van der Waals surface area contributed by atoms with Crippen molar-refractivity contribution in [3.8, 4) is 0 Å². The molecule has 0 aliphatic carbocycles. The van der Waals surface area contributed by atoms with E-state index < -0.39 is 0 Å². The highest BCUT2D eigenvalue weighted by Crippen LogP contribution is 2.35. The Kier molecular flexibility index (Phi) is 5.42. The van der Waals surface area contributed by atoms with Gasteiger partial charge in [0, 0.05) is 25.9 Å². The van der Waals surface area contributed by atoms with E-state index in [0.717, 1.165) is 58.7 Å². The van der Waals surface area contributed by atoms with Crippen LogP contribution in [-0.2, 0) is 9.47 Å². The van der Waals surface area contributed by atoms with Gasteiger partial charge in [0.25, 0.3) is 0 Å². The van der Waals surface area contributed by atoms with Crippen LogP contribution in [0.5, 0.6) is 0 Å². The van der Waals surface area contributed by atoms with Gasteiger partial charge in [0.2, 0.25) is 0 Å². The Hall–Kier alpha value is -0.160. The lowest BCUT2D eigenvalue weighted by Crippen LogP contribution is -2.51. The van der Waals surface area contributed by atoms with E-state index in [1.807, 2.05) is 0 Å². The van der Waals surface area contributed by atoms with Gasteiger partial charge < -0.3 is 20.1 Å². The summed E-state index contributed by atoms with van der Waals surface area (Å²) in [5.74, 6) is 0. The summed E-state index contributed by atoms with van der Waals surface area (Å²) in [5, 5.41) is 0. The van der Waals surface area contributed by atoms with E-state index in [4.69, 9.17) is 15.2 Å². The maximum atomic E-state index is 6.10. The van der Waals surface area contributed by atoms with Crippen LogP contribution in [0.25, 0.3) is 0 Å². The molecular weight excluding hydrogens is 228 g/mol. The molecule has 2 rings (SSSR count). The van der Waals surface area contributed by atoms with Crippen LogP contribution in [0.15, 0.2) is 0 Å². The average molecular weight is 256 g/mol. The molecule has 1 atom stereocenters. The summed E-state index contributed by atoms with van der Waals surface area (Å²) in [6.07, 6.45) is 5.58. The molecular formula is C14H28N2O2. The van der Waals surface area contributed by atoms with E-state index in [0.29, 0.717) is 6.04 Å². The quantitative estimate of drug-likeness (QED) is 0.807. The minimum absolute atomic E-state index is 0.108. The van der Waals surface area contributed by atoms with Crippen molar-refractivity contribution in [3.63, 3.8) is 0 Å². The van der Waals surface area contributed by atoms with Gasteiger partial charge in [0.15, 0.2) is 0 Å². The Morgan fingerprint density at radius 2 is 2.06 bits per heavy atom. The van der Waals surface area contributed by atoms with Crippen LogP contribution in [0.1, 0.15) is 39.0 Å². The van der Waals surface area contributed by atoms with Crippen molar-refractivity contribution in [2.75, 3.05) is 39.5 Å². The van der Waals surface area contributed by atoms with Crippen molar-refractivity contribution in [2.45, 2.75) is 50.7 Å². The highest BCUT2D eigenvalue weighted by atomic mass is 16.5. The maximum absolute atomic E-state index is 6.10. The molecule has 0 saturated carbocycles. The summed E-state index contributed by atoms with van der Waals surface area (Å²) in [7, 11) is 0. The van der Waals surface area contributed by atoms with Gasteiger partial charge >= 0.3 is 0 Å². The molecule has 2 heterocycles. The molecule has 18 heavy (non-hydrogen) atoms. The summed E-state index contributed by atoms with van der Waals surface area (Å²) in [4.78, 5) is 2.59. The molecule has 2 saturated heterocycles. The Balaban J connectivity index is 1.91. The fourth-order valence-electron chi connectivity index (χ4n) is 3.30. The molecule has 0 aromatic heterocycles. The molecule has 0 bridgehead atoms. The minimum atomic E-state index is 0.108. The maximum Gasteiger partial charge on any atom is 0.0741 e. The van der Waals surface area contributed by atoms with Crippen molar-refractivity contribution < 1.29 is 9.47 Å². The van der Waals surface area contributed by atoms with Crippen LogP contribution in [0.3, 0.4) is 0 Å². The SMILES string of the molecule is CCN(CCCN)C1CCOC2(CCOCC2)C1. The van der Waals surface area contributed by atoms with Crippen LogP contribution in [0.2, 0.25) is 0 Å². The largest absolute Gasteiger partial charge is 0.381 e. The van der Waals surface area contributed by atoms with Gasteiger partial charge in [-0.1, -0.05) is 6.92 Å². The average Bonchev–Trinajstić information content (AvgIpc) is 2.41. The van der Waals surface area contributed by atoms with Crippen molar-refractivity contribution in [1.29, 1.82) is 0 Å². The lowest BCUT2D eigenvalue weighted by Gasteiger charge is -2.46. The zero-order chi connectivity index (χ0) is 12.8. The Morgan fingerprint density at radius 3 is 2.72 bits per heavy atom. The third-order valence-corrected chi connectivity index (χ3v) is 4.44. The van der Waals surface area contributed by atoms with Crippen LogP contribution in [0.4, 0.5) is 0 Å². The van der Waals surface area contributed by atoms with E-state index in [9.17, 15) is 0 Å². The molecule has 2 aliphatic rings. The first-order chi connectivity index (χ1) is 8.79. The topological polar surface area (TPSA) is 47.7 Å². The zero-order valence-corrected chi connectivity index (χ0v) is 11.7. The van der Waals surface area contributed by atoms with E-state index in [1.165, 1.54) is 12.8 Å². The number of rotatable bonds is 5. The van der Waals surface area contributed by atoms with Gasteiger partial charge in [-0.25, -0.2) is 0 Å². The smallest absolute Gasteiger partial charge is 0.0741 e.